The highest BCUT2D eigenvalue weighted by Crippen LogP contribution is 2.27. The number of hydrogen-bond donors (Lipinski definition) is 0. The number of fused-ring (bicyclic) bond motifs is 1. The van der Waals surface area contributed by atoms with Gasteiger partial charge in [-0.15, -0.1) is 12.3 Å². The Balaban J connectivity index is 2.15. The molecule has 3 heteroatoms. The van der Waals surface area contributed by atoms with Crippen molar-refractivity contribution in [1.29, 1.82) is 0 Å². The lowest BCUT2D eigenvalue weighted by molar-refractivity contribution is 0.326. The highest BCUT2D eigenvalue weighted by atomic mass is 32.1. The molecular formula is C11H9NOS. The molecule has 0 bridgehead atoms. The first kappa shape index (κ1) is 9.04. The molecule has 0 aliphatic rings. The Kier molecular flexibility index (Phi) is 2.66. The lowest BCUT2D eigenvalue weighted by atomic mass is 10.3. The Morgan fingerprint density at radius 1 is 1.43 bits per heavy atom. The molecule has 0 aliphatic heterocycles. The number of rotatable bonds is 3. The number of benzene rings is 1. The lowest BCUT2D eigenvalue weighted by Gasteiger charge is -1.95. The van der Waals surface area contributed by atoms with Crippen molar-refractivity contribution in [3.8, 4) is 17.5 Å². The molecule has 0 fully saturated rings. The molecule has 70 valence electrons. The molecule has 0 unspecified atom stereocenters. The molecule has 2 rings (SSSR count). The van der Waals surface area contributed by atoms with Crippen LogP contribution in [0.3, 0.4) is 0 Å². The highest BCUT2D eigenvalue weighted by molar-refractivity contribution is 7.20. The van der Waals surface area contributed by atoms with E-state index in [9.17, 15) is 0 Å². The summed E-state index contributed by atoms with van der Waals surface area (Å²) in [5.74, 6) is 2.52. The average Bonchev–Trinajstić information content (AvgIpc) is 2.60. The second kappa shape index (κ2) is 4.12. The zero-order valence-corrected chi connectivity index (χ0v) is 8.38. The van der Waals surface area contributed by atoms with Crippen LogP contribution in [0, 0.1) is 12.3 Å². The average molecular weight is 203 g/mol. The van der Waals surface area contributed by atoms with Crippen molar-refractivity contribution in [3.63, 3.8) is 0 Å². The van der Waals surface area contributed by atoms with Crippen LogP contribution in [0.2, 0.25) is 0 Å². The SMILES string of the molecule is C#CCCOc1nc2ccccc2s1. The second-order valence-electron chi connectivity index (χ2n) is 2.75. The number of thiazole rings is 1. The van der Waals surface area contributed by atoms with Gasteiger partial charge in [0.1, 0.15) is 6.61 Å². The predicted molar refractivity (Wildman–Crippen MR) is 58.6 cm³/mol. The largest absolute Gasteiger partial charge is 0.469 e. The van der Waals surface area contributed by atoms with E-state index >= 15 is 0 Å². The summed E-state index contributed by atoms with van der Waals surface area (Å²) in [7, 11) is 0. The van der Waals surface area contributed by atoms with Crippen LogP contribution in [0.25, 0.3) is 10.2 Å². The van der Waals surface area contributed by atoms with Crippen molar-refractivity contribution in [2.75, 3.05) is 6.61 Å². The van der Waals surface area contributed by atoms with E-state index in [1.165, 1.54) is 0 Å². The van der Waals surface area contributed by atoms with Crippen molar-refractivity contribution < 1.29 is 4.74 Å². The van der Waals surface area contributed by atoms with Crippen LogP contribution in [-0.4, -0.2) is 11.6 Å². The topological polar surface area (TPSA) is 22.1 Å². The Bertz CT molecular complexity index is 436. The normalized spacial score (nSPS) is 9.93. The Morgan fingerprint density at radius 3 is 3.07 bits per heavy atom. The van der Waals surface area contributed by atoms with Gasteiger partial charge < -0.3 is 4.74 Å². The van der Waals surface area contributed by atoms with Gasteiger partial charge in [-0.2, -0.15) is 0 Å². The van der Waals surface area contributed by atoms with Gasteiger partial charge in [0, 0.05) is 6.42 Å². The van der Waals surface area contributed by atoms with Crippen LogP contribution in [0.15, 0.2) is 24.3 Å². The maximum atomic E-state index is 5.40. The zero-order valence-electron chi connectivity index (χ0n) is 7.56. The van der Waals surface area contributed by atoms with Crippen LogP contribution in [0.1, 0.15) is 6.42 Å². The van der Waals surface area contributed by atoms with Crippen molar-refractivity contribution in [2.45, 2.75) is 6.42 Å². The fraction of sp³-hybridized carbons (Fsp3) is 0.182. The summed E-state index contributed by atoms with van der Waals surface area (Å²) in [6, 6.07) is 7.96. The molecule has 0 radical (unpaired) electrons. The van der Waals surface area contributed by atoms with Gasteiger partial charge >= 0.3 is 0 Å². The van der Waals surface area contributed by atoms with E-state index in [0.717, 1.165) is 10.2 Å². The molecule has 0 amide bonds. The number of aromatic nitrogens is 1. The maximum Gasteiger partial charge on any atom is 0.274 e. The standard InChI is InChI=1S/C11H9NOS/c1-2-3-8-13-11-12-9-6-4-5-7-10(9)14-11/h1,4-7H,3,8H2. The van der Waals surface area contributed by atoms with Crippen LogP contribution >= 0.6 is 11.3 Å². The summed E-state index contributed by atoms with van der Waals surface area (Å²) in [5.41, 5.74) is 0.980. The van der Waals surface area contributed by atoms with E-state index in [1.807, 2.05) is 24.3 Å². The van der Waals surface area contributed by atoms with E-state index in [4.69, 9.17) is 11.2 Å². The van der Waals surface area contributed by atoms with E-state index in [0.29, 0.717) is 18.2 Å². The van der Waals surface area contributed by atoms with Crippen molar-refractivity contribution in [3.05, 3.63) is 24.3 Å². The third-order valence-electron chi connectivity index (χ3n) is 1.75. The summed E-state index contributed by atoms with van der Waals surface area (Å²) in [6.45, 7) is 0.538. The lowest BCUT2D eigenvalue weighted by Crippen LogP contribution is -1.94. The molecule has 0 aliphatic carbocycles. The van der Waals surface area contributed by atoms with Gasteiger partial charge in [0.2, 0.25) is 0 Å². The molecule has 0 N–H and O–H groups in total. The van der Waals surface area contributed by atoms with Crippen LogP contribution < -0.4 is 4.74 Å². The molecule has 0 atom stereocenters. The van der Waals surface area contributed by atoms with Gasteiger partial charge in [-0.25, -0.2) is 4.98 Å². The smallest absolute Gasteiger partial charge is 0.274 e. The quantitative estimate of drug-likeness (QED) is 0.565. The van der Waals surface area contributed by atoms with Gasteiger partial charge in [-0.05, 0) is 12.1 Å². The van der Waals surface area contributed by atoms with E-state index < -0.39 is 0 Å². The number of terminal acetylenes is 1. The van der Waals surface area contributed by atoms with E-state index in [-0.39, 0.29) is 0 Å². The Labute approximate surface area is 86.5 Å². The van der Waals surface area contributed by atoms with Crippen molar-refractivity contribution in [2.24, 2.45) is 0 Å². The summed E-state index contributed by atoms with van der Waals surface area (Å²) < 4.78 is 6.54. The van der Waals surface area contributed by atoms with Gasteiger partial charge in [-0.3, -0.25) is 0 Å². The first-order chi connectivity index (χ1) is 6.90. The Morgan fingerprint density at radius 2 is 2.29 bits per heavy atom. The molecule has 14 heavy (non-hydrogen) atoms. The van der Waals surface area contributed by atoms with Crippen molar-refractivity contribution in [1.82, 2.24) is 4.98 Å². The number of hydrogen-bond acceptors (Lipinski definition) is 3. The Hall–Kier alpha value is -1.53. The number of nitrogens with zero attached hydrogens (tertiary/aromatic N) is 1. The predicted octanol–water partition coefficient (Wildman–Crippen LogP) is 2.70. The minimum atomic E-state index is 0.538. The fourth-order valence-corrected chi connectivity index (χ4v) is 1.95. The molecule has 0 spiro atoms. The zero-order chi connectivity index (χ0) is 9.80. The number of para-hydroxylation sites is 1. The van der Waals surface area contributed by atoms with Crippen LogP contribution in [0.5, 0.6) is 5.19 Å². The summed E-state index contributed by atoms with van der Waals surface area (Å²) >= 11 is 1.55. The van der Waals surface area contributed by atoms with Crippen LogP contribution in [0.4, 0.5) is 0 Å². The molecule has 2 aromatic rings. The van der Waals surface area contributed by atoms with Gasteiger partial charge in [-0.1, -0.05) is 23.5 Å². The fourth-order valence-electron chi connectivity index (χ4n) is 1.11. The monoisotopic (exact) mass is 203 g/mol. The summed E-state index contributed by atoms with van der Waals surface area (Å²) in [5, 5.41) is 0.696. The van der Waals surface area contributed by atoms with E-state index in [2.05, 4.69) is 10.9 Å². The minimum Gasteiger partial charge on any atom is -0.469 e. The van der Waals surface area contributed by atoms with Crippen molar-refractivity contribution >= 4 is 21.6 Å². The minimum absolute atomic E-state index is 0.538. The third-order valence-corrected chi connectivity index (χ3v) is 2.70. The molecule has 1 heterocycles. The van der Waals surface area contributed by atoms with Gasteiger partial charge in [0.05, 0.1) is 10.2 Å². The molecule has 0 saturated heterocycles. The highest BCUT2D eigenvalue weighted by Gasteiger charge is 2.02. The summed E-state index contributed by atoms with van der Waals surface area (Å²) in [4.78, 5) is 4.31. The molecule has 1 aromatic carbocycles. The molecule has 2 nitrogen and oxygen atoms in total. The third kappa shape index (κ3) is 1.86. The van der Waals surface area contributed by atoms with Crippen LogP contribution in [-0.2, 0) is 0 Å². The maximum absolute atomic E-state index is 5.40. The van der Waals surface area contributed by atoms with E-state index in [1.54, 1.807) is 11.3 Å². The first-order valence-electron chi connectivity index (χ1n) is 4.32. The number of ether oxygens (including phenoxy) is 1. The van der Waals surface area contributed by atoms with Gasteiger partial charge in [0.15, 0.2) is 0 Å². The molecule has 1 aromatic heterocycles. The summed E-state index contributed by atoms with van der Waals surface area (Å²) in [6.07, 6.45) is 5.74. The molecular weight excluding hydrogens is 194 g/mol. The second-order valence-corrected chi connectivity index (χ2v) is 3.74. The first-order valence-corrected chi connectivity index (χ1v) is 5.13. The van der Waals surface area contributed by atoms with Gasteiger partial charge in [0.25, 0.3) is 5.19 Å². The molecule has 0 saturated carbocycles.